The Morgan fingerprint density at radius 2 is 1.19 bits per heavy atom. The molecule has 0 amide bonds. The third-order valence-corrected chi connectivity index (χ3v) is 8.75. The van der Waals surface area contributed by atoms with E-state index in [4.69, 9.17) is 12.6 Å². The Balaban J connectivity index is 1.48. The first kappa shape index (κ1) is 25.9. The Hall–Kier alpha value is -4.81. The third-order valence-electron chi connectivity index (χ3n) is 8.47. The number of halogens is 2. The van der Waals surface area contributed by atoms with E-state index < -0.39 is 0 Å². The van der Waals surface area contributed by atoms with Crippen LogP contribution in [0.4, 0.5) is 42.9 Å². The summed E-state index contributed by atoms with van der Waals surface area (Å²) in [5, 5.41) is 0. The summed E-state index contributed by atoms with van der Waals surface area (Å²) in [5.41, 5.74) is 12.1. The van der Waals surface area contributed by atoms with Crippen LogP contribution in [0.1, 0.15) is 5.56 Å². The predicted molar refractivity (Wildman–Crippen MR) is 178 cm³/mol. The average Bonchev–Trinajstić information content (AvgIpc) is 3.02. The van der Waals surface area contributed by atoms with Crippen molar-refractivity contribution in [3.63, 3.8) is 0 Å². The first-order valence-corrected chi connectivity index (χ1v) is 14.7. The van der Waals surface area contributed by atoms with E-state index in [-0.39, 0.29) is 18.3 Å². The van der Waals surface area contributed by atoms with E-state index in [0.717, 1.165) is 72.1 Å². The molecule has 8 rings (SSSR count). The van der Waals surface area contributed by atoms with E-state index in [1.165, 1.54) is 18.2 Å². The molecular formula is C37H25BF2N2S. The molecule has 0 aromatic heterocycles. The number of nitrogens with zero attached hydrogens (tertiary/aromatic N) is 2. The molecule has 2 heterocycles. The molecule has 0 N–H and O–H groups in total. The first-order chi connectivity index (χ1) is 21.0. The molecule has 0 aliphatic carbocycles. The lowest BCUT2D eigenvalue weighted by Crippen LogP contribution is -2.61. The van der Waals surface area contributed by atoms with Gasteiger partial charge in [-0.2, -0.15) is 0 Å². The summed E-state index contributed by atoms with van der Waals surface area (Å²) in [6, 6.07) is 41.0. The molecule has 6 aromatic rings. The van der Waals surface area contributed by atoms with Gasteiger partial charge in [-0.15, -0.1) is 12.6 Å². The monoisotopic (exact) mass is 578 g/mol. The van der Waals surface area contributed by atoms with Gasteiger partial charge in [-0.3, -0.25) is 0 Å². The van der Waals surface area contributed by atoms with Gasteiger partial charge in [0, 0.05) is 38.9 Å². The van der Waals surface area contributed by atoms with E-state index >= 15 is 4.39 Å². The summed E-state index contributed by atoms with van der Waals surface area (Å²) in [7, 11) is 0. The van der Waals surface area contributed by atoms with Crippen LogP contribution in [0.5, 0.6) is 0 Å². The van der Waals surface area contributed by atoms with E-state index in [2.05, 4.69) is 89.5 Å². The van der Waals surface area contributed by atoms with Gasteiger partial charge in [0.15, 0.2) is 0 Å². The number of hydrogen-bond acceptors (Lipinski definition) is 3. The zero-order valence-electron chi connectivity index (χ0n) is 23.3. The summed E-state index contributed by atoms with van der Waals surface area (Å²) in [6.07, 6.45) is 0. The molecule has 6 heteroatoms. The van der Waals surface area contributed by atoms with Crippen molar-refractivity contribution in [3.05, 3.63) is 145 Å². The number of fused-ring (bicyclic) bond motifs is 4. The SMILES string of the molecule is Cc1cc2c3c(c1)N(c1ccccc1-c1ccccc1)c1ccc(S)cc1B3c1cc(F)ccc1N2c1ccc(F)cc1. The molecule has 0 fully saturated rings. The lowest BCUT2D eigenvalue weighted by molar-refractivity contribution is 0.628. The Morgan fingerprint density at radius 3 is 1.98 bits per heavy atom. The van der Waals surface area contributed by atoms with Gasteiger partial charge >= 0.3 is 0 Å². The predicted octanol–water partition coefficient (Wildman–Crippen LogP) is 8.31. The maximum atomic E-state index is 15.1. The maximum Gasteiger partial charge on any atom is 0.252 e. The standard InChI is InChI=1S/C37H25BF2N2S/c1-23-19-35-37-36(20-23)42(32-10-6-5-9-29(32)24-7-3-2-4-8-24)34-18-16-28(43)22-31(34)38(37)30-21-26(40)13-17-33(30)41(35)27-14-11-25(39)12-15-27/h2-22,43H,1H3. The number of rotatable bonds is 3. The number of hydrogen-bond donors (Lipinski definition) is 1. The Labute approximate surface area is 255 Å². The van der Waals surface area contributed by atoms with Crippen LogP contribution >= 0.6 is 12.6 Å². The second-order valence-electron chi connectivity index (χ2n) is 11.1. The number of anilines is 6. The molecule has 43 heavy (non-hydrogen) atoms. The zero-order chi connectivity index (χ0) is 29.2. The molecule has 2 aliphatic rings. The number of benzene rings is 6. The van der Waals surface area contributed by atoms with Gasteiger partial charge in [-0.1, -0.05) is 54.6 Å². The van der Waals surface area contributed by atoms with Gasteiger partial charge < -0.3 is 9.80 Å². The van der Waals surface area contributed by atoms with Crippen LogP contribution < -0.4 is 26.2 Å². The lowest BCUT2D eigenvalue weighted by Gasteiger charge is -2.44. The van der Waals surface area contributed by atoms with Gasteiger partial charge in [0.05, 0.1) is 5.69 Å². The lowest BCUT2D eigenvalue weighted by atomic mass is 9.33. The van der Waals surface area contributed by atoms with Gasteiger partial charge in [0.25, 0.3) is 6.71 Å². The summed E-state index contributed by atoms with van der Waals surface area (Å²) < 4.78 is 29.2. The summed E-state index contributed by atoms with van der Waals surface area (Å²) in [6.45, 7) is 1.87. The van der Waals surface area contributed by atoms with Crippen molar-refractivity contribution in [3.8, 4) is 11.1 Å². The molecule has 0 unspecified atom stereocenters. The molecule has 0 saturated carbocycles. The van der Waals surface area contributed by atoms with Crippen molar-refractivity contribution in [2.45, 2.75) is 11.8 Å². The minimum absolute atomic E-state index is 0.227. The zero-order valence-corrected chi connectivity index (χ0v) is 24.2. The molecule has 2 aliphatic heterocycles. The van der Waals surface area contributed by atoms with Crippen molar-refractivity contribution in [1.29, 1.82) is 0 Å². The highest BCUT2D eigenvalue weighted by Crippen LogP contribution is 2.46. The summed E-state index contributed by atoms with van der Waals surface area (Å²) in [5.74, 6) is -0.599. The summed E-state index contributed by atoms with van der Waals surface area (Å²) in [4.78, 5) is 5.30. The van der Waals surface area contributed by atoms with Crippen molar-refractivity contribution in [1.82, 2.24) is 0 Å². The molecule has 0 spiro atoms. The molecular weight excluding hydrogens is 553 g/mol. The fourth-order valence-electron chi connectivity index (χ4n) is 6.76. The Kier molecular flexibility index (Phi) is 5.95. The first-order valence-electron chi connectivity index (χ1n) is 14.2. The van der Waals surface area contributed by atoms with E-state index in [0.29, 0.717) is 0 Å². The van der Waals surface area contributed by atoms with E-state index in [1.807, 2.05) is 18.2 Å². The number of aryl methyl sites for hydroxylation is 1. The Morgan fingerprint density at radius 1 is 0.558 bits per heavy atom. The smallest absolute Gasteiger partial charge is 0.252 e. The highest BCUT2D eigenvalue weighted by Gasteiger charge is 2.43. The van der Waals surface area contributed by atoms with E-state index in [9.17, 15) is 4.39 Å². The van der Waals surface area contributed by atoms with Crippen LogP contribution in [0.3, 0.4) is 0 Å². The second kappa shape index (κ2) is 9.89. The average molecular weight is 578 g/mol. The summed E-state index contributed by atoms with van der Waals surface area (Å²) >= 11 is 4.76. The van der Waals surface area contributed by atoms with Crippen molar-refractivity contribution < 1.29 is 8.78 Å². The van der Waals surface area contributed by atoms with Crippen LogP contribution in [0.2, 0.25) is 0 Å². The normalized spacial score (nSPS) is 13.0. The van der Waals surface area contributed by atoms with Crippen LogP contribution in [0.15, 0.2) is 132 Å². The van der Waals surface area contributed by atoms with Crippen LogP contribution in [-0.2, 0) is 0 Å². The fourth-order valence-corrected chi connectivity index (χ4v) is 6.97. The van der Waals surface area contributed by atoms with Gasteiger partial charge in [0.2, 0.25) is 0 Å². The number of para-hydroxylation sites is 1. The molecule has 0 saturated heterocycles. The largest absolute Gasteiger partial charge is 0.311 e. The van der Waals surface area contributed by atoms with Crippen LogP contribution in [0.25, 0.3) is 11.1 Å². The van der Waals surface area contributed by atoms with Crippen molar-refractivity contribution >= 4 is 69.9 Å². The van der Waals surface area contributed by atoms with Gasteiger partial charge in [-0.05, 0) is 107 Å². The van der Waals surface area contributed by atoms with Crippen LogP contribution in [-0.4, -0.2) is 6.71 Å². The molecule has 0 atom stereocenters. The van der Waals surface area contributed by atoms with E-state index in [1.54, 1.807) is 18.2 Å². The number of thiol groups is 1. The maximum absolute atomic E-state index is 15.1. The highest BCUT2D eigenvalue weighted by atomic mass is 32.1. The molecule has 0 bridgehead atoms. The minimum Gasteiger partial charge on any atom is -0.311 e. The van der Waals surface area contributed by atoms with Crippen molar-refractivity contribution in [2.24, 2.45) is 0 Å². The third kappa shape index (κ3) is 4.09. The highest BCUT2D eigenvalue weighted by molar-refractivity contribution is 7.80. The van der Waals surface area contributed by atoms with Gasteiger partial charge in [0.1, 0.15) is 11.6 Å². The van der Waals surface area contributed by atoms with Gasteiger partial charge in [-0.25, -0.2) is 8.78 Å². The molecule has 6 aromatic carbocycles. The second-order valence-corrected chi connectivity index (χ2v) is 11.6. The van der Waals surface area contributed by atoms with Crippen LogP contribution in [0, 0.1) is 18.6 Å². The molecule has 2 nitrogen and oxygen atoms in total. The topological polar surface area (TPSA) is 6.48 Å². The molecule has 206 valence electrons. The Bertz CT molecular complexity index is 2050. The minimum atomic E-state index is -0.303. The fraction of sp³-hybridized carbons (Fsp3) is 0.0270. The quantitative estimate of drug-likeness (QED) is 0.166. The molecule has 0 radical (unpaired) electrons. The van der Waals surface area contributed by atoms with Crippen molar-refractivity contribution in [2.75, 3.05) is 9.80 Å².